The zero-order valence-electron chi connectivity index (χ0n) is 26.3. The molecule has 0 unspecified atom stereocenters. The quantitative estimate of drug-likeness (QED) is 0.286. The van der Waals surface area contributed by atoms with E-state index in [2.05, 4.69) is 5.32 Å². The Morgan fingerprint density at radius 2 is 1.80 bits per heavy atom. The molecular formula is C36H41N3O7. The fourth-order valence-electron chi connectivity index (χ4n) is 7.27. The molecule has 46 heavy (non-hydrogen) atoms. The summed E-state index contributed by atoms with van der Waals surface area (Å²) in [7, 11) is 0. The van der Waals surface area contributed by atoms with Crippen molar-refractivity contribution >= 4 is 29.4 Å². The first-order chi connectivity index (χ1) is 22.2. The van der Waals surface area contributed by atoms with Crippen molar-refractivity contribution in [2.24, 2.45) is 11.8 Å². The number of hydrogen-bond acceptors (Lipinski definition) is 7. The van der Waals surface area contributed by atoms with Crippen molar-refractivity contribution in [2.45, 2.75) is 63.4 Å². The maximum Gasteiger partial charge on any atom is 0.313 e. The molecule has 0 aliphatic carbocycles. The number of nitrogens with zero attached hydrogens (tertiary/aromatic N) is 2. The summed E-state index contributed by atoms with van der Waals surface area (Å²) in [5, 5.41) is 12.4. The number of esters is 1. The largest absolute Gasteiger partial charge is 0.455 e. The second-order valence-electron chi connectivity index (χ2n) is 12.6. The van der Waals surface area contributed by atoms with Gasteiger partial charge in [-0.3, -0.25) is 19.2 Å². The molecule has 0 saturated carbocycles. The first-order valence-corrected chi connectivity index (χ1v) is 16.1. The smallest absolute Gasteiger partial charge is 0.313 e. The van der Waals surface area contributed by atoms with E-state index in [0.717, 1.165) is 16.8 Å². The number of likely N-dealkylation sites (tertiary alicyclic amines) is 1. The van der Waals surface area contributed by atoms with Crippen molar-refractivity contribution in [3.8, 4) is 0 Å². The number of allylic oxidation sites excluding steroid dienone is 1. The SMILES string of the molecule is Cc1ccc(C)c(N2CC=C[C@@]34O[C@H]5/C=C\CCC(=O)NC[C@H](c6ccccc6)OC(=O)[C@H]5[C@@H]3C(=O)N(CCCCO)[C@H]4C2=O)c1. The highest BCUT2D eigenvalue weighted by molar-refractivity contribution is 6.06. The summed E-state index contributed by atoms with van der Waals surface area (Å²) in [5.41, 5.74) is 1.97. The standard InChI is InChI=1S/C36H41N3O7/c1-23-15-16-24(2)26(21-23)38-19-10-17-36-31(33(42)39(18-8-9-20-40)32(36)34(38)43)30-27(46-36)13-6-7-14-29(41)37-22-28(45-35(30)44)25-11-4-3-5-12-25/h3-6,10-13,15-17,21,27-28,30-32,40H,7-9,14,18-20,22H2,1-2H3,(H,37,41)/b13-6-/t27-,28+,30+,31+,32-,36+/m0/s1. The first kappa shape index (κ1) is 31.7. The molecule has 0 radical (unpaired) electrons. The van der Waals surface area contributed by atoms with Gasteiger partial charge in [-0.05, 0) is 55.9 Å². The zero-order valence-corrected chi connectivity index (χ0v) is 26.3. The van der Waals surface area contributed by atoms with E-state index in [1.165, 1.54) is 0 Å². The second kappa shape index (κ2) is 13.2. The molecule has 2 aromatic carbocycles. The molecule has 4 aliphatic rings. The third-order valence-electron chi connectivity index (χ3n) is 9.51. The Balaban J connectivity index is 1.43. The number of aliphatic hydroxyl groups excluding tert-OH is 1. The number of benzene rings is 2. The van der Waals surface area contributed by atoms with Crippen molar-refractivity contribution in [2.75, 3.05) is 31.1 Å². The molecule has 10 heteroatoms. The Kier molecular flexibility index (Phi) is 9.11. The lowest BCUT2D eigenvalue weighted by molar-refractivity contribution is -0.159. The lowest BCUT2D eigenvalue weighted by atomic mass is 9.77. The minimum atomic E-state index is -1.42. The zero-order chi connectivity index (χ0) is 32.4. The Bertz CT molecular complexity index is 1560. The number of rotatable bonds is 6. The fourth-order valence-corrected chi connectivity index (χ4v) is 7.27. The summed E-state index contributed by atoms with van der Waals surface area (Å²) in [6.45, 7) is 4.46. The minimum Gasteiger partial charge on any atom is -0.455 e. The van der Waals surface area contributed by atoms with Gasteiger partial charge in [0.05, 0.1) is 18.6 Å². The van der Waals surface area contributed by atoms with Crippen LogP contribution in [0.5, 0.6) is 0 Å². The number of hydrogen-bond donors (Lipinski definition) is 2. The van der Waals surface area contributed by atoms with Gasteiger partial charge in [-0.1, -0.05) is 66.8 Å². The van der Waals surface area contributed by atoms with E-state index in [9.17, 15) is 24.3 Å². The Morgan fingerprint density at radius 1 is 1.00 bits per heavy atom. The number of nitrogens with one attached hydrogen (secondary N) is 1. The topological polar surface area (TPSA) is 125 Å². The van der Waals surface area contributed by atoms with Crippen LogP contribution >= 0.6 is 0 Å². The van der Waals surface area contributed by atoms with Gasteiger partial charge >= 0.3 is 5.97 Å². The summed E-state index contributed by atoms with van der Waals surface area (Å²) < 4.78 is 12.9. The van der Waals surface area contributed by atoms with Crippen molar-refractivity contribution in [1.82, 2.24) is 10.2 Å². The average Bonchev–Trinajstić information content (AvgIpc) is 3.43. The first-order valence-electron chi connectivity index (χ1n) is 16.1. The summed E-state index contributed by atoms with van der Waals surface area (Å²) in [4.78, 5) is 59.3. The molecule has 3 amide bonds. The van der Waals surface area contributed by atoms with E-state index in [4.69, 9.17) is 9.47 Å². The number of unbranched alkanes of at least 4 members (excludes halogenated alkanes) is 1. The number of carbonyl (C=O) groups excluding carboxylic acids is 4. The van der Waals surface area contributed by atoms with Gasteiger partial charge in [-0.15, -0.1) is 0 Å². The molecule has 2 N–H and O–H groups in total. The van der Waals surface area contributed by atoms with Crippen LogP contribution < -0.4 is 10.2 Å². The van der Waals surface area contributed by atoms with E-state index in [1.807, 2.05) is 68.5 Å². The molecule has 1 spiro atoms. The Hall–Kier alpha value is -4.28. The van der Waals surface area contributed by atoms with Crippen LogP contribution in [0.2, 0.25) is 0 Å². The van der Waals surface area contributed by atoms with Gasteiger partial charge in [0.2, 0.25) is 11.8 Å². The number of ether oxygens (including phenoxy) is 2. The van der Waals surface area contributed by atoms with Gasteiger partial charge < -0.3 is 29.7 Å². The van der Waals surface area contributed by atoms with Gasteiger partial charge in [0.15, 0.2) is 0 Å². The highest BCUT2D eigenvalue weighted by atomic mass is 16.6. The molecule has 0 aromatic heterocycles. The predicted octanol–water partition coefficient (Wildman–Crippen LogP) is 3.31. The monoisotopic (exact) mass is 627 g/mol. The highest BCUT2D eigenvalue weighted by Gasteiger charge is 2.71. The van der Waals surface area contributed by atoms with Gasteiger partial charge in [-0.25, -0.2) is 0 Å². The number of anilines is 1. The molecule has 10 nitrogen and oxygen atoms in total. The lowest BCUT2D eigenvalue weighted by Gasteiger charge is -2.35. The van der Waals surface area contributed by atoms with Crippen molar-refractivity contribution in [3.05, 3.63) is 89.5 Å². The van der Waals surface area contributed by atoms with Crippen LogP contribution in [0.3, 0.4) is 0 Å². The van der Waals surface area contributed by atoms with Crippen LogP contribution in [0.15, 0.2) is 72.8 Å². The molecule has 4 heterocycles. The van der Waals surface area contributed by atoms with Crippen molar-refractivity contribution in [1.29, 1.82) is 0 Å². The summed E-state index contributed by atoms with van der Waals surface area (Å²) in [6.07, 6.45) is 7.15. The molecule has 2 fully saturated rings. The average molecular weight is 628 g/mol. The Morgan fingerprint density at radius 3 is 2.59 bits per heavy atom. The molecule has 4 aliphatic heterocycles. The van der Waals surface area contributed by atoms with Crippen LogP contribution in [0.1, 0.15) is 48.5 Å². The van der Waals surface area contributed by atoms with Crippen LogP contribution in [-0.4, -0.2) is 77.7 Å². The third kappa shape index (κ3) is 5.76. The van der Waals surface area contributed by atoms with Gasteiger partial charge in [0, 0.05) is 31.8 Å². The minimum absolute atomic E-state index is 0.0422. The van der Waals surface area contributed by atoms with E-state index in [-0.39, 0.29) is 50.4 Å². The van der Waals surface area contributed by atoms with Gasteiger partial charge in [-0.2, -0.15) is 0 Å². The van der Waals surface area contributed by atoms with Crippen molar-refractivity contribution in [3.63, 3.8) is 0 Å². The summed E-state index contributed by atoms with van der Waals surface area (Å²) in [6, 6.07) is 14.1. The molecule has 2 saturated heterocycles. The van der Waals surface area contributed by atoms with E-state index < -0.39 is 41.7 Å². The number of aliphatic hydroxyl groups is 1. The summed E-state index contributed by atoms with van der Waals surface area (Å²) in [5.74, 6) is -3.47. The molecule has 6 rings (SSSR count). The van der Waals surface area contributed by atoms with E-state index >= 15 is 0 Å². The van der Waals surface area contributed by atoms with Gasteiger partial charge in [0.25, 0.3) is 5.91 Å². The normalized spacial score (nSPS) is 30.4. The maximum absolute atomic E-state index is 14.7. The predicted molar refractivity (Wildman–Crippen MR) is 170 cm³/mol. The Labute approximate surface area is 269 Å². The second-order valence-corrected chi connectivity index (χ2v) is 12.6. The molecule has 6 atom stereocenters. The molecular weight excluding hydrogens is 586 g/mol. The van der Waals surface area contributed by atoms with Crippen LogP contribution in [0.25, 0.3) is 0 Å². The lowest BCUT2D eigenvalue weighted by Crippen LogP contribution is -2.55. The highest BCUT2D eigenvalue weighted by Crippen LogP contribution is 2.53. The molecule has 2 aromatic rings. The van der Waals surface area contributed by atoms with Crippen molar-refractivity contribution < 1.29 is 33.8 Å². The van der Waals surface area contributed by atoms with E-state index in [1.54, 1.807) is 28.0 Å². The third-order valence-corrected chi connectivity index (χ3v) is 9.51. The molecule has 0 bridgehead atoms. The van der Waals surface area contributed by atoms with Crippen LogP contribution in [-0.2, 0) is 28.7 Å². The number of amides is 3. The number of fused-ring (bicyclic) bond motifs is 2. The van der Waals surface area contributed by atoms with E-state index in [0.29, 0.717) is 24.8 Å². The number of aryl methyl sites for hydroxylation is 2. The maximum atomic E-state index is 14.7. The van der Waals surface area contributed by atoms with Crippen LogP contribution in [0, 0.1) is 25.7 Å². The van der Waals surface area contributed by atoms with Crippen LogP contribution in [0.4, 0.5) is 5.69 Å². The van der Waals surface area contributed by atoms with Gasteiger partial charge in [0.1, 0.15) is 23.7 Å². The summed E-state index contributed by atoms with van der Waals surface area (Å²) >= 11 is 0. The number of cyclic esters (lactones) is 1. The number of carbonyl (C=O) groups is 4. The molecule has 242 valence electrons. The fraction of sp³-hybridized carbons (Fsp3) is 0.444.